The van der Waals surface area contributed by atoms with Crippen LogP contribution in [0.2, 0.25) is 0 Å². The van der Waals surface area contributed by atoms with Gasteiger partial charge in [-0.2, -0.15) is 5.10 Å². The first-order valence-corrected chi connectivity index (χ1v) is 11.9. The predicted molar refractivity (Wildman–Crippen MR) is 138 cm³/mol. The van der Waals surface area contributed by atoms with E-state index in [1.54, 1.807) is 35.1 Å². The highest BCUT2D eigenvalue weighted by Gasteiger charge is 2.35. The van der Waals surface area contributed by atoms with Crippen LogP contribution < -0.4 is 10.1 Å². The number of nitrogens with one attached hydrogen (secondary N) is 1. The van der Waals surface area contributed by atoms with E-state index >= 15 is 4.39 Å². The molecule has 0 amide bonds. The number of aryl methyl sites for hydroxylation is 1. The van der Waals surface area contributed by atoms with Crippen molar-refractivity contribution in [1.82, 2.24) is 29.6 Å². The van der Waals surface area contributed by atoms with Gasteiger partial charge in [-0.1, -0.05) is 0 Å². The molecule has 2 aromatic carbocycles. The highest BCUT2D eigenvalue weighted by Crippen LogP contribution is 2.39. The monoisotopic (exact) mass is 483 g/mol. The van der Waals surface area contributed by atoms with Crippen LogP contribution in [0.25, 0.3) is 33.1 Å². The van der Waals surface area contributed by atoms with E-state index in [2.05, 4.69) is 44.4 Å². The normalized spacial score (nSPS) is 17.5. The van der Waals surface area contributed by atoms with E-state index in [0.717, 1.165) is 24.1 Å². The Balaban J connectivity index is 1.47. The molecule has 5 aromatic rings. The molecule has 0 spiro atoms. The Morgan fingerprint density at radius 2 is 1.94 bits per heavy atom. The molecule has 1 aliphatic carbocycles. The lowest BCUT2D eigenvalue weighted by Crippen LogP contribution is -2.50. The average Bonchev–Trinajstić information content (AvgIpc) is 3.29. The van der Waals surface area contributed by atoms with Gasteiger partial charge in [0.1, 0.15) is 24.0 Å². The van der Waals surface area contributed by atoms with Gasteiger partial charge >= 0.3 is 0 Å². The van der Waals surface area contributed by atoms with Gasteiger partial charge in [0, 0.05) is 36.4 Å². The van der Waals surface area contributed by atoms with E-state index in [1.807, 2.05) is 31.4 Å². The molecule has 1 saturated carbocycles. The van der Waals surface area contributed by atoms with Crippen LogP contribution in [0.3, 0.4) is 0 Å². The zero-order chi connectivity index (χ0) is 24.8. The Bertz CT molecular complexity index is 1580. The van der Waals surface area contributed by atoms with Crippen molar-refractivity contribution in [3.05, 3.63) is 67.0 Å². The molecule has 36 heavy (non-hydrogen) atoms. The van der Waals surface area contributed by atoms with Gasteiger partial charge in [0.25, 0.3) is 0 Å². The molecule has 0 bridgehead atoms. The number of halogens is 1. The van der Waals surface area contributed by atoms with Crippen LogP contribution in [0.5, 0.6) is 5.75 Å². The van der Waals surface area contributed by atoms with E-state index in [9.17, 15) is 0 Å². The maximum atomic E-state index is 15.4. The standard InChI is InChI=1S/C27H26FN7O/c1-34(2)22-8-9-23(22)36-24-14-16(18-10-12-35(3)33-18)13-21-25(24)27(31-15-30-21)32-20-7-6-19-17(26(20)28)5-4-11-29-19/h4-7,10-15,22-23H,8-9H2,1-3H3,(H,30,31,32)/t22-,23-/m0/s1. The number of ether oxygens (including phenoxy) is 1. The molecule has 8 nitrogen and oxygen atoms in total. The van der Waals surface area contributed by atoms with Crippen molar-refractivity contribution in [3.8, 4) is 17.0 Å². The summed E-state index contributed by atoms with van der Waals surface area (Å²) in [5.74, 6) is 0.743. The first-order chi connectivity index (χ1) is 17.5. The van der Waals surface area contributed by atoms with Gasteiger partial charge in [-0.15, -0.1) is 0 Å². The van der Waals surface area contributed by atoms with Gasteiger partial charge in [0.2, 0.25) is 0 Å². The summed E-state index contributed by atoms with van der Waals surface area (Å²) in [4.78, 5) is 15.4. The van der Waals surface area contributed by atoms with Crippen LogP contribution in [0.15, 0.2) is 61.2 Å². The Labute approximate surface area is 207 Å². The molecule has 0 aliphatic heterocycles. The number of anilines is 2. The minimum absolute atomic E-state index is 0.0405. The molecular weight excluding hydrogens is 457 g/mol. The van der Waals surface area contributed by atoms with Gasteiger partial charge in [-0.05, 0) is 69.4 Å². The van der Waals surface area contributed by atoms with E-state index in [1.165, 1.54) is 6.33 Å². The summed E-state index contributed by atoms with van der Waals surface area (Å²) in [7, 11) is 6.02. The first-order valence-electron chi connectivity index (χ1n) is 11.9. The van der Waals surface area contributed by atoms with Gasteiger partial charge < -0.3 is 15.0 Å². The minimum Gasteiger partial charge on any atom is -0.488 e. The van der Waals surface area contributed by atoms with Crippen molar-refractivity contribution in [2.75, 3.05) is 19.4 Å². The van der Waals surface area contributed by atoms with E-state index in [0.29, 0.717) is 45.1 Å². The maximum Gasteiger partial charge on any atom is 0.156 e. The molecule has 1 fully saturated rings. The smallest absolute Gasteiger partial charge is 0.156 e. The van der Waals surface area contributed by atoms with Gasteiger partial charge in [0.05, 0.1) is 27.8 Å². The first kappa shape index (κ1) is 22.4. The second-order valence-corrected chi connectivity index (χ2v) is 9.35. The summed E-state index contributed by atoms with van der Waals surface area (Å²) in [6.45, 7) is 0. The van der Waals surface area contributed by atoms with Crippen molar-refractivity contribution < 1.29 is 9.13 Å². The summed E-state index contributed by atoms with van der Waals surface area (Å²) in [6, 6.07) is 13.1. The van der Waals surface area contributed by atoms with Crippen LogP contribution in [0.4, 0.5) is 15.9 Å². The van der Waals surface area contributed by atoms with Crippen LogP contribution in [-0.4, -0.2) is 55.9 Å². The second-order valence-electron chi connectivity index (χ2n) is 9.35. The van der Waals surface area contributed by atoms with Crippen molar-refractivity contribution >= 4 is 33.3 Å². The van der Waals surface area contributed by atoms with E-state index < -0.39 is 0 Å². The molecule has 1 N–H and O–H groups in total. The Morgan fingerprint density at radius 3 is 2.69 bits per heavy atom. The molecule has 0 unspecified atom stereocenters. The number of hydrogen-bond acceptors (Lipinski definition) is 7. The zero-order valence-corrected chi connectivity index (χ0v) is 20.3. The minimum atomic E-state index is -0.383. The van der Waals surface area contributed by atoms with Crippen molar-refractivity contribution in [2.45, 2.75) is 25.0 Å². The number of pyridine rings is 1. The molecule has 0 radical (unpaired) electrons. The summed E-state index contributed by atoms with van der Waals surface area (Å²) in [5.41, 5.74) is 3.31. The summed E-state index contributed by atoms with van der Waals surface area (Å²) in [6.07, 6.45) is 7.10. The Kier molecular flexibility index (Phi) is 5.49. The zero-order valence-electron chi connectivity index (χ0n) is 20.3. The third-order valence-electron chi connectivity index (χ3n) is 6.80. The third-order valence-corrected chi connectivity index (χ3v) is 6.80. The third kappa shape index (κ3) is 3.91. The number of hydrogen-bond donors (Lipinski definition) is 1. The number of likely N-dealkylation sites (N-methyl/N-ethyl adjacent to an activating group) is 1. The highest BCUT2D eigenvalue weighted by molar-refractivity contribution is 5.99. The molecule has 182 valence electrons. The summed E-state index contributed by atoms with van der Waals surface area (Å²) in [5, 5.41) is 8.89. The van der Waals surface area contributed by atoms with E-state index in [4.69, 9.17) is 4.74 Å². The van der Waals surface area contributed by atoms with E-state index in [-0.39, 0.29) is 11.9 Å². The van der Waals surface area contributed by atoms with Gasteiger partial charge in [-0.3, -0.25) is 9.67 Å². The Morgan fingerprint density at radius 1 is 1.06 bits per heavy atom. The number of nitrogens with zero attached hydrogens (tertiary/aromatic N) is 6. The lowest BCUT2D eigenvalue weighted by molar-refractivity contribution is 0.0206. The number of rotatable bonds is 6. The van der Waals surface area contributed by atoms with Crippen molar-refractivity contribution in [2.24, 2.45) is 7.05 Å². The van der Waals surface area contributed by atoms with Crippen LogP contribution in [-0.2, 0) is 7.05 Å². The predicted octanol–water partition coefficient (Wildman–Crippen LogP) is 4.93. The SMILES string of the molecule is CN(C)[C@H]1CC[C@@H]1Oc1cc(-c2ccn(C)n2)cc2ncnc(Nc3ccc4ncccc4c3F)c12. The van der Waals surface area contributed by atoms with Crippen LogP contribution in [0.1, 0.15) is 12.8 Å². The lowest BCUT2D eigenvalue weighted by atomic mass is 9.88. The largest absolute Gasteiger partial charge is 0.488 e. The van der Waals surface area contributed by atoms with Crippen molar-refractivity contribution in [3.63, 3.8) is 0 Å². The number of aromatic nitrogens is 5. The molecular formula is C27H26FN7O. The molecule has 3 heterocycles. The molecule has 1 aliphatic rings. The lowest BCUT2D eigenvalue weighted by Gasteiger charge is -2.41. The summed E-state index contributed by atoms with van der Waals surface area (Å²) >= 11 is 0. The van der Waals surface area contributed by atoms with Gasteiger partial charge in [0.15, 0.2) is 5.82 Å². The average molecular weight is 484 g/mol. The molecule has 2 atom stereocenters. The molecule has 9 heteroatoms. The Hall–Kier alpha value is -4.11. The maximum absolute atomic E-state index is 15.4. The number of fused-ring (bicyclic) bond motifs is 2. The topological polar surface area (TPSA) is 81.0 Å². The fourth-order valence-electron chi connectivity index (χ4n) is 4.74. The molecule has 0 saturated heterocycles. The van der Waals surface area contributed by atoms with Gasteiger partial charge in [-0.25, -0.2) is 14.4 Å². The summed E-state index contributed by atoms with van der Waals surface area (Å²) < 4.78 is 23.7. The number of benzene rings is 2. The molecule has 6 rings (SSSR count). The fraction of sp³-hybridized carbons (Fsp3) is 0.259. The highest BCUT2D eigenvalue weighted by atomic mass is 19.1. The van der Waals surface area contributed by atoms with Crippen LogP contribution in [0, 0.1) is 5.82 Å². The van der Waals surface area contributed by atoms with Crippen molar-refractivity contribution in [1.29, 1.82) is 0 Å². The fourth-order valence-corrected chi connectivity index (χ4v) is 4.74. The molecule has 3 aromatic heterocycles. The second kappa shape index (κ2) is 8.83. The quantitative estimate of drug-likeness (QED) is 0.367. The van der Waals surface area contributed by atoms with Crippen LogP contribution >= 0.6 is 0 Å².